The Balaban J connectivity index is 1.88. The molecule has 0 saturated carbocycles. The van der Waals surface area contributed by atoms with Crippen LogP contribution in [0.5, 0.6) is 0 Å². The van der Waals surface area contributed by atoms with E-state index in [9.17, 15) is 0 Å². The Morgan fingerprint density at radius 3 is 2.81 bits per heavy atom. The van der Waals surface area contributed by atoms with Gasteiger partial charge in [0.25, 0.3) is 0 Å². The third-order valence-electron chi connectivity index (χ3n) is 3.56. The van der Waals surface area contributed by atoms with Gasteiger partial charge < -0.3 is 0 Å². The van der Waals surface area contributed by atoms with Crippen molar-refractivity contribution >= 4 is 10.9 Å². The molecular weight excluding hydrogens is 260 g/mol. The minimum Gasteiger partial charge on any atom is -0.271 e. The number of aryl methyl sites for hydroxylation is 1. The number of para-hydroxylation sites is 1. The van der Waals surface area contributed by atoms with E-state index in [4.69, 9.17) is 5.84 Å². The highest BCUT2D eigenvalue weighted by atomic mass is 15.2. The van der Waals surface area contributed by atoms with Crippen LogP contribution in [0.25, 0.3) is 10.9 Å². The maximum atomic E-state index is 5.70. The SMILES string of the molecule is Cc1ccnc(C(Cc2ccc3ccccc3n2)NN)c1. The predicted molar refractivity (Wildman–Crippen MR) is 84.5 cm³/mol. The van der Waals surface area contributed by atoms with Gasteiger partial charge in [0.15, 0.2) is 0 Å². The number of rotatable bonds is 4. The van der Waals surface area contributed by atoms with Crippen LogP contribution in [0.4, 0.5) is 0 Å². The fraction of sp³-hybridized carbons (Fsp3) is 0.176. The summed E-state index contributed by atoms with van der Waals surface area (Å²) in [7, 11) is 0. The first kappa shape index (κ1) is 13.7. The van der Waals surface area contributed by atoms with Crippen molar-refractivity contribution in [2.24, 2.45) is 5.84 Å². The van der Waals surface area contributed by atoms with E-state index in [1.165, 1.54) is 5.56 Å². The van der Waals surface area contributed by atoms with Crippen molar-refractivity contribution in [1.29, 1.82) is 0 Å². The second-order valence-corrected chi connectivity index (χ2v) is 5.18. The van der Waals surface area contributed by atoms with Crippen molar-refractivity contribution in [3.63, 3.8) is 0 Å². The van der Waals surface area contributed by atoms with Crippen LogP contribution in [0, 0.1) is 6.92 Å². The number of pyridine rings is 2. The molecule has 0 amide bonds. The Bertz CT molecular complexity index is 754. The Hall–Kier alpha value is -2.30. The minimum absolute atomic E-state index is 0.0430. The maximum absolute atomic E-state index is 5.70. The van der Waals surface area contributed by atoms with Gasteiger partial charge in [-0.05, 0) is 36.8 Å². The minimum atomic E-state index is -0.0430. The largest absolute Gasteiger partial charge is 0.271 e. The van der Waals surface area contributed by atoms with E-state index in [1.807, 2.05) is 49.5 Å². The molecule has 21 heavy (non-hydrogen) atoms. The van der Waals surface area contributed by atoms with E-state index in [0.717, 1.165) is 22.3 Å². The summed E-state index contributed by atoms with van der Waals surface area (Å²) in [4.78, 5) is 9.09. The predicted octanol–water partition coefficient (Wildman–Crippen LogP) is 2.69. The molecule has 1 atom stereocenters. The van der Waals surface area contributed by atoms with Crippen molar-refractivity contribution in [2.45, 2.75) is 19.4 Å². The molecule has 2 heterocycles. The molecule has 3 aromatic rings. The van der Waals surface area contributed by atoms with Gasteiger partial charge in [0.05, 0.1) is 17.3 Å². The third kappa shape index (κ3) is 3.07. The van der Waals surface area contributed by atoms with Crippen LogP contribution < -0.4 is 11.3 Å². The Morgan fingerprint density at radius 1 is 1.14 bits per heavy atom. The number of aromatic nitrogens is 2. The molecule has 3 N–H and O–H groups in total. The highest BCUT2D eigenvalue weighted by molar-refractivity contribution is 5.78. The van der Waals surface area contributed by atoms with Gasteiger partial charge in [0.2, 0.25) is 0 Å². The topological polar surface area (TPSA) is 63.8 Å². The summed E-state index contributed by atoms with van der Waals surface area (Å²) < 4.78 is 0. The molecule has 1 unspecified atom stereocenters. The molecule has 2 aromatic heterocycles. The number of benzene rings is 1. The van der Waals surface area contributed by atoms with Crippen molar-refractivity contribution < 1.29 is 0 Å². The number of nitrogens with zero attached hydrogens (tertiary/aromatic N) is 2. The van der Waals surface area contributed by atoms with Crippen molar-refractivity contribution in [3.8, 4) is 0 Å². The Kier molecular flexibility index (Phi) is 3.90. The lowest BCUT2D eigenvalue weighted by Crippen LogP contribution is -2.30. The summed E-state index contributed by atoms with van der Waals surface area (Å²) in [6.07, 6.45) is 2.51. The number of hydrogen-bond donors (Lipinski definition) is 2. The molecule has 4 nitrogen and oxygen atoms in total. The summed E-state index contributed by atoms with van der Waals surface area (Å²) in [6, 6.07) is 16.2. The van der Waals surface area contributed by atoms with Gasteiger partial charge >= 0.3 is 0 Å². The van der Waals surface area contributed by atoms with Gasteiger partial charge in [0, 0.05) is 23.7 Å². The van der Waals surface area contributed by atoms with Crippen LogP contribution in [-0.4, -0.2) is 9.97 Å². The standard InChI is InChI=1S/C17H18N4/c1-12-8-9-19-16(10-12)17(21-18)11-14-7-6-13-4-2-3-5-15(13)20-14/h2-10,17,21H,11,18H2,1H3. The number of hydrogen-bond acceptors (Lipinski definition) is 4. The van der Waals surface area contributed by atoms with Crippen LogP contribution in [-0.2, 0) is 6.42 Å². The van der Waals surface area contributed by atoms with E-state index in [0.29, 0.717) is 6.42 Å². The monoisotopic (exact) mass is 278 g/mol. The fourth-order valence-corrected chi connectivity index (χ4v) is 2.43. The highest BCUT2D eigenvalue weighted by Gasteiger charge is 2.13. The molecule has 4 heteroatoms. The summed E-state index contributed by atoms with van der Waals surface area (Å²) >= 11 is 0. The molecule has 1 aromatic carbocycles. The smallest absolute Gasteiger partial charge is 0.0705 e. The lowest BCUT2D eigenvalue weighted by Gasteiger charge is -2.15. The summed E-state index contributed by atoms with van der Waals surface area (Å²) in [5.74, 6) is 5.70. The Morgan fingerprint density at radius 2 is 2.00 bits per heavy atom. The van der Waals surface area contributed by atoms with Gasteiger partial charge in [-0.25, -0.2) is 0 Å². The molecule has 0 radical (unpaired) electrons. The molecule has 106 valence electrons. The average Bonchev–Trinajstić information content (AvgIpc) is 2.52. The molecule has 0 saturated heterocycles. The van der Waals surface area contributed by atoms with Gasteiger partial charge in [-0.1, -0.05) is 24.3 Å². The lowest BCUT2D eigenvalue weighted by atomic mass is 10.1. The Labute approximate surface area is 124 Å². The lowest BCUT2D eigenvalue weighted by molar-refractivity contribution is 0.533. The number of nitrogens with one attached hydrogen (secondary N) is 1. The summed E-state index contributed by atoms with van der Waals surface area (Å²) in [6.45, 7) is 2.05. The van der Waals surface area contributed by atoms with E-state index in [2.05, 4.69) is 27.5 Å². The maximum Gasteiger partial charge on any atom is 0.0705 e. The zero-order valence-electron chi connectivity index (χ0n) is 12.0. The van der Waals surface area contributed by atoms with Crippen LogP contribution >= 0.6 is 0 Å². The third-order valence-corrected chi connectivity index (χ3v) is 3.56. The van der Waals surface area contributed by atoms with Gasteiger partial charge in [-0.15, -0.1) is 0 Å². The first-order chi connectivity index (χ1) is 10.3. The number of fused-ring (bicyclic) bond motifs is 1. The summed E-state index contributed by atoms with van der Waals surface area (Å²) in [5.41, 5.74) is 6.95. The van der Waals surface area contributed by atoms with E-state index >= 15 is 0 Å². The molecule has 0 aliphatic heterocycles. The van der Waals surface area contributed by atoms with Crippen molar-refractivity contribution in [2.75, 3.05) is 0 Å². The number of hydrazine groups is 1. The van der Waals surface area contributed by atoms with E-state index in [-0.39, 0.29) is 6.04 Å². The molecule has 0 fully saturated rings. The molecule has 3 rings (SSSR count). The van der Waals surface area contributed by atoms with E-state index < -0.39 is 0 Å². The van der Waals surface area contributed by atoms with Crippen LogP contribution in [0.1, 0.15) is 23.0 Å². The van der Waals surface area contributed by atoms with Crippen molar-refractivity contribution in [1.82, 2.24) is 15.4 Å². The summed E-state index contributed by atoms with van der Waals surface area (Å²) in [5, 5.41) is 1.15. The molecular formula is C17H18N4. The first-order valence-electron chi connectivity index (χ1n) is 6.99. The fourth-order valence-electron chi connectivity index (χ4n) is 2.43. The van der Waals surface area contributed by atoms with Crippen LogP contribution in [0.3, 0.4) is 0 Å². The van der Waals surface area contributed by atoms with Crippen LogP contribution in [0.15, 0.2) is 54.7 Å². The molecule has 0 spiro atoms. The quantitative estimate of drug-likeness (QED) is 0.569. The number of nitrogens with two attached hydrogens (primary N) is 1. The van der Waals surface area contributed by atoms with Crippen molar-refractivity contribution in [3.05, 3.63) is 71.7 Å². The highest BCUT2D eigenvalue weighted by Crippen LogP contribution is 2.18. The van der Waals surface area contributed by atoms with E-state index in [1.54, 1.807) is 0 Å². The van der Waals surface area contributed by atoms with Crippen LogP contribution in [0.2, 0.25) is 0 Å². The van der Waals surface area contributed by atoms with Gasteiger partial charge in [0.1, 0.15) is 0 Å². The second-order valence-electron chi connectivity index (χ2n) is 5.18. The first-order valence-corrected chi connectivity index (χ1v) is 6.99. The normalized spacial score (nSPS) is 12.5. The molecule has 0 bridgehead atoms. The molecule has 0 aliphatic carbocycles. The zero-order valence-corrected chi connectivity index (χ0v) is 12.0. The zero-order chi connectivity index (χ0) is 14.7. The van der Waals surface area contributed by atoms with Gasteiger partial charge in [-0.3, -0.25) is 21.2 Å². The molecule has 0 aliphatic rings. The second kappa shape index (κ2) is 5.99. The average molecular weight is 278 g/mol. The van der Waals surface area contributed by atoms with Gasteiger partial charge in [-0.2, -0.15) is 0 Å².